The minimum Gasteiger partial charge on any atom is -0.464 e. The Balaban J connectivity index is 2.14. The molecule has 0 bridgehead atoms. The fourth-order valence-corrected chi connectivity index (χ4v) is 2.99. The third kappa shape index (κ3) is 5.68. The SMILES string of the molecule is COC(=O)/C(=C\c1c(Br)cncc1Br)NC(=O)OCc1ccccc1. The molecule has 0 aliphatic carbocycles. The van der Waals surface area contributed by atoms with E-state index in [0.717, 1.165) is 5.56 Å². The molecule has 0 aliphatic rings. The van der Waals surface area contributed by atoms with Gasteiger partial charge in [-0.05, 0) is 43.5 Å². The molecule has 6 nitrogen and oxygen atoms in total. The lowest BCUT2D eigenvalue weighted by molar-refractivity contribution is -0.136. The highest BCUT2D eigenvalue weighted by Crippen LogP contribution is 2.26. The van der Waals surface area contributed by atoms with Crippen LogP contribution in [0, 0.1) is 0 Å². The number of rotatable bonds is 5. The summed E-state index contributed by atoms with van der Waals surface area (Å²) >= 11 is 6.68. The van der Waals surface area contributed by atoms with Crippen LogP contribution in [0.4, 0.5) is 4.79 Å². The third-order valence-corrected chi connectivity index (χ3v) is 4.30. The zero-order valence-corrected chi connectivity index (χ0v) is 16.3. The number of ether oxygens (including phenoxy) is 2. The second-order valence-corrected chi connectivity index (χ2v) is 6.46. The van der Waals surface area contributed by atoms with Crippen molar-refractivity contribution < 1.29 is 19.1 Å². The van der Waals surface area contributed by atoms with E-state index in [1.807, 2.05) is 30.3 Å². The quantitative estimate of drug-likeness (QED) is 0.528. The first-order valence-corrected chi connectivity index (χ1v) is 8.66. The maximum Gasteiger partial charge on any atom is 0.412 e. The average molecular weight is 470 g/mol. The molecule has 130 valence electrons. The molecule has 0 radical (unpaired) electrons. The van der Waals surface area contributed by atoms with Crippen molar-refractivity contribution in [1.82, 2.24) is 10.3 Å². The van der Waals surface area contributed by atoms with Crippen LogP contribution in [-0.2, 0) is 20.9 Å². The van der Waals surface area contributed by atoms with Gasteiger partial charge in [-0.15, -0.1) is 0 Å². The maximum absolute atomic E-state index is 12.0. The van der Waals surface area contributed by atoms with Crippen LogP contribution in [0.1, 0.15) is 11.1 Å². The number of carbonyl (C=O) groups excluding carboxylic acids is 2. The van der Waals surface area contributed by atoms with E-state index in [9.17, 15) is 9.59 Å². The molecule has 1 aromatic carbocycles. The number of halogens is 2. The molecule has 1 N–H and O–H groups in total. The molecular formula is C17H14Br2N2O4. The fourth-order valence-electron chi connectivity index (χ4n) is 1.83. The molecule has 1 aromatic heterocycles. The summed E-state index contributed by atoms with van der Waals surface area (Å²) in [5, 5.41) is 2.40. The lowest BCUT2D eigenvalue weighted by atomic mass is 10.2. The van der Waals surface area contributed by atoms with Crippen molar-refractivity contribution in [1.29, 1.82) is 0 Å². The molecule has 0 fully saturated rings. The van der Waals surface area contributed by atoms with E-state index < -0.39 is 12.1 Å². The van der Waals surface area contributed by atoms with Gasteiger partial charge in [0, 0.05) is 26.9 Å². The van der Waals surface area contributed by atoms with Crippen LogP contribution in [0.25, 0.3) is 6.08 Å². The Morgan fingerprint density at radius 3 is 2.40 bits per heavy atom. The Morgan fingerprint density at radius 1 is 1.16 bits per heavy atom. The number of nitrogens with zero attached hydrogens (tertiary/aromatic N) is 1. The predicted molar refractivity (Wildman–Crippen MR) is 99.4 cm³/mol. The molecule has 8 heteroatoms. The normalized spacial score (nSPS) is 10.9. The van der Waals surface area contributed by atoms with Gasteiger partial charge in [0.25, 0.3) is 0 Å². The molecule has 2 aromatic rings. The van der Waals surface area contributed by atoms with Crippen LogP contribution in [0.5, 0.6) is 0 Å². The number of pyridine rings is 1. The smallest absolute Gasteiger partial charge is 0.412 e. The van der Waals surface area contributed by atoms with Gasteiger partial charge in [0.15, 0.2) is 0 Å². The molecule has 2 rings (SSSR count). The van der Waals surface area contributed by atoms with Crippen molar-refractivity contribution in [3.8, 4) is 0 Å². The Morgan fingerprint density at radius 2 is 1.80 bits per heavy atom. The molecule has 0 atom stereocenters. The summed E-state index contributed by atoms with van der Waals surface area (Å²) in [7, 11) is 1.23. The monoisotopic (exact) mass is 468 g/mol. The Bertz CT molecular complexity index is 774. The van der Waals surface area contributed by atoms with Gasteiger partial charge < -0.3 is 9.47 Å². The van der Waals surface area contributed by atoms with Gasteiger partial charge in [0.05, 0.1) is 7.11 Å². The van der Waals surface area contributed by atoms with Crippen LogP contribution in [0.2, 0.25) is 0 Å². The molecule has 0 saturated carbocycles. The largest absolute Gasteiger partial charge is 0.464 e. The number of aromatic nitrogens is 1. The average Bonchev–Trinajstić information content (AvgIpc) is 2.62. The molecule has 0 unspecified atom stereocenters. The Hall–Kier alpha value is -2.19. The van der Waals surface area contributed by atoms with Crippen LogP contribution in [0.3, 0.4) is 0 Å². The Labute approximate surface area is 161 Å². The first-order valence-electron chi connectivity index (χ1n) is 7.08. The number of hydrogen-bond donors (Lipinski definition) is 1. The molecule has 0 aliphatic heterocycles. The number of carbonyl (C=O) groups is 2. The van der Waals surface area contributed by atoms with E-state index >= 15 is 0 Å². The number of hydrogen-bond acceptors (Lipinski definition) is 5. The summed E-state index contributed by atoms with van der Waals surface area (Å²) in [6.07, 6.45) is 3.84. The summed E-state index contributed by atoms with van der Waals surface area (Å²) in [5.41, 5.74) is 1.40. The third-order valence-electron chi connectivity index (χ3n) is 3.03. The van der Waals surface area contributed by atoms with Crippen molar-refractivity contribution in [2.45, 2.75) is 6.61 Å². The summed E-state index contributed by atoms with van der Waals surface area (Å²) in [4.78, 5) is 27.9. The minimum absolute atomic E-state index is 0.0619. The first kappa shape index (κ1) is 19.1. The van der Waals surface area contributed by atoms with Gasteiger partial charge in [0.1, 0.15) is 12.3 Å². The van der Waals surface area contributed by atoms with E-state index in [1.165, 1.54) is 13.2 Å². The number of benzene rings is 1. The van der Waals surface area contributed by atoms with Gasteiger partial charge in [-0.3, -0.25) is 10.3 Å². The van der Waals surface area contributed by atoms with Crippen molar-refractivity contribution in [3.63, 3.8) is 0 Å². The fraction of sp³-hybridized carbons (Fsp3) is 0.118. The minimum atomic E-state index is -0.762. The maximum atomic E-state index is 12.0. The van der Waals surface area contributed by atoms with E-state index in [0.29, 0.717) is 14.5 Å². The standard InChI is InChI=1S/C17H14Br2N2O4/c1-24-16(22)15(7-12-13(18)8-20-9-14(12)19)21-17(23)25-10-11-5-3-2-4-6-11/h2-9H,10H2,1H3,(H,21,23)/b15-7+. The van der Waals surface area contributed by atoms with E-state index in [-0.39, 0.29) is 12.3 Å². The van der Waals surface area contributed by atoms with Crippen molar-refractivity contribution in [2.24, 2.45) is 0 Å². The number of esters is 1. The van der Waals surface area contributed by atoms with Gasteiger partial charge >= 0.3 is 12.1 Å². The topological polar surface area (TPSA) is 77.5 Å². The zero-order chi connectivity index (χ0) is 18.2. The Kier molecular flexibility index (Phi) is 7.15. The first-order chi connectivity index (χ1) is 12.0. The van der Waals surface area contributed by atoms with Gasteiger partial charge in [-0.2, -0.15) is 0 Å². The number of methoxy groups -OCH3 is 1. The number of nitrogens with one attached hydrogen (secondary N) is 1. The van der Waals surface area contributed by atoms with Crippen LogP contribution in [0.15, 0.2) is 57.4 Å². The lowest BCUT2D eigenvalue weighted by Gasteiger charge is -2.10. The summed E-state index contributed by atoms with van der Waals surface area (Å²) < 4.78 is 11.1. The molecule has 1 amide bonds. The van der Waals surface area contributed by atoms with Crippen molar-refractivity contribution in [3.05, 3.63) is 68.5 Å². The highest BCUT2D eigenvalue weighted by Gasteiger charge is 2.16. The lowest BCUT2D eigenvalue weighted by Crippen LogP contribution is -2.28. The van der Waals surface area contributed by atoms with E-state index in [1.54, 1.807) is 12.4 Å². The highest BCUT2D eigenvalue weighted by atomic mass is 79.9. The van der Waals surface area contributed by atoms with Crippen molar-refractivity contribution >= 4 is 50.0 Å². The molecule has 0 spiro atoms. The van der Waals surface area contributed by atoms with Crippen LogP contribution < -0.4 is 5.32 Å². The van der Waals surface area contributed by atoms with Crippen LogP contribution in [-0.4, -0.2) is 24.2 Å². The second kappa shape index (κ2) is 9.33. The van der Waals surface area contributed by atoms with E-state index in [4.69, 9.17) is 9.47 Å². The van der Waals surface area contributed by atoms with Gasteiger partial charge in [-0.25, -0.2) is 9.59 Å². The number of amides is 1. The highest BCUT2D eigenvalue weighted by molar-refractivity contribution is 9.11. The molecular weight excluding hydrogens is 456 g/mol. The predicted octanol–water partition coefficient (Wildman–Crippen LogP) is 4.05. The van der Waals surface area contributed by atoms with Gasteiger partial charge in [-0.1, -0.05) is 30.3 Å². The molecule has 1 heterocycles. The zero-order valence-electron chi connectivity index (χ0n) is 13.2. The summed E-state index contributed by atoms with van der Waals surface area (Å²) in [6, 6.07) is 9.21. The number of alkyl carbamates (subject to hydrolysis) is 1. The van der Waals surface area contributed by atoms with Crippen molar-refractivity contribution in [2.75, 3.05) is 7.11 Å². The molecule has 0 saturated heterocycles. The summed E-state index contributed by atoms with van der Waals surface area (Å²) in [6.45, 7) is 0.0871. The van der Waals surface area contributed by atoms with E-state index in [2.05, 4.69) is 42.2 Å². The van der Waals surface area contributed by atoms with Crippen LogP contribution >= 0.6 is 31.9 Å². The summed E-state index contributed by atoms with van der Waals surface area (Å²) in [5.74, 6) is -0.702. The van der Waals surface area contributed by atoms with Gasteiger partial charge in [0.2, 0.25) is 0 Å². The molecule has 25 heavy (non-hydrogen) atoms. The second-order valence-electron chi connectivity index (χ2n) is 4.75.